The van der Waals surface area contributed by atoms with Gasteiger partial charge >= 0.3 is 0 Å². The smallest absolute Gasteiger partial charge is 0.161 e. The Morgan fingerprint density at radius 1 is 1.28 bits per heavy atom. The molecule has 7 heteroatoms. The number of amidine groups is 2. The second kappa shape index (κ2) is 3.80. The lowest BCUT2D eigenvalue weighted by Gasteiger charge is -2.33. The van der Waals surface area contributed by atoms with Crippen molar-refractivity contribution >= 4 is 41.1 Å². The zero-order chi connectivity index (χ0) is 12.9. The molecule has 0 amide bonds. The number of aliphatic imine (C=N–C) groups is 3. The van der Waals surface area contributed by atoms with Crippen molar-refractivity contribution in [3.63, 3.8) is 0 Å². The predicted molar refractivity (Wildman–Crippen MR) is 70.3 cm³/mol. The monoisotopic (exact) mass is 277 g/mol. The first-order valence-corrected chi connectivity index (χ1v) is 5.77. The van der Waals surface area contributed by atoms with Crippen LogP contribution >= 0.6 is 23.2 Å². The molecule has 3 rings (SSSR count). The number of nitriles is 1. The van der Waals surface area contributed by atoms with Crippen molar-refractivity contribution in [2.45, 2.75) is 6.92 Å². The normalized spacial score (nSPS) is 21.2. The van der Waals surface area contributed by atoms with Crippen LogP contribution < -0.4 is 0 Å². The summed E-state index contributed by atoms with van der Waals surface area (Å²) in [6.45, 7) is 1.74. The molecule has 0 aromatic heterocycles. The van der Waals surface area contributed by atoms with E-state index < -0.39 is 0 Å². The largest absolute Gasteiger partial charge is 0.259 e. The molecule has 0 aromatic rings. The molecule has 0 saturated heterocycles. The summed E-state index contributed by atoms with van der Waals surface area (Å²) in [7, 11) is 0. The third-order valence-electron chi connectivity index (χ3n) is 2.53. The van der Waals surface area contributed by atoms with E-state index in [2.05, 4.69) is 15.0 Å². The first-order chi connectivity index (χ1) is 8.61. The van der Waals surface area contributed by atoms with E-state index in [1.807, 2.05) is 6.07 Å². The molecule has 0 N–H and O–H groups in total. The summed E-state index contributed by atoms with van der Waals surface area (Å²) in [5.41, 5.74) is 0.348. The number of allylic oxidation sites excluding steroid dienone is 3. The van der Waals surface area contributed by atoms with Gasteiger partial charge in [-0.1, -0.05) is 23.2 Å². The summed E-state index contributed by atoms with van der Waals surface area (Å²) >= 11 is 12.2. The fourth-order valence-corrected chi connectivity index (χ4v) is 2.34. The molecule has 0 unspecified atom stereocenters. The first kappa shape index (κ1) is 11.2. The van der Waals surface area contributed by atoms with Gasteiger partial charge < -0.3 is 0 Å². The average molecular weight is 278 g/mol. The van der Waals surface area contributed by atoms with Gasteiger partial charge in [-0.3, -0.25) is 4.90 Å². The Balaban J connectivity index is 2.33. The molecule has 0 atom stereocenters. The van der Waals surface area contributed by atoms with E-state index in [0.717, 1.165) is 0 Å². The maximum Gasteiger partial charge on any atom is 0.161 e. The highest BCUT2D eigenvalue weighted by molar-refractivity contribution is 6.46. The van der Waals surface area contributed by atoms with Gasteiger partial charge in [0.1, 0.15) is 17.5 Å². The fourth-order valence-electron chi connectivity index (χ4n) is 1.80. The Morgan fingerprint density at radius 3 is 2.78 bits per heavy atom. The van der Waals surface area contributed by atoms with Crippen molar-refractivity contribution in [2.24, 2.45) is 15.0 Å². The van der Waals surface area contributed by atoms with Gasteiger partial charge in [-0.2, -0.15) is 5.26 Å². The predicted octanol–water partition coefficient (Wildman–Crippen LogP) is 2.48. The van der Waals surface area contributed by atoms with Crippen LogP contribution in [0.5, 0.6) is 0 Å². The van der Waals surface area contributed by atoms with Gasteiger partial charge in [0, 0.05) is 0 Å². The van der Waals surface area contributed by atoms with E-state index >= 15 is 0 Å². The van der Waals surface area contributed by atoms with Crippen LogP contribution in [0.2, 0.25) is 0 Å². The van der Waals surface area contributed by atoms with Gasteiger partial charge in [-0.25, -0.2) is 15.0 Å². The molecule has 0 radical (unpaired) electrons. The zero-order valence-corrected chi connectivity index (χ0v) is 10.7. The van der Waals surface area contributed by atoms with E-state index in [-0.39, 0.29) is 0 Å². The van der Waals surface area contributed by atoms with Crippen molar-refractivity contribution in [1.82, 2.24) is 4.90 Å². The Kier molecular flexibility index (Phi) is 2.37. The minimum Gasteiger partial charge on any atom is -0.259 e. The van der Waals surface area contributed by atoms with Gasteiger partial charge in [-0.05, 0) is 13.0 Å². The Bertz CT molecular complexity index is 685. The standard InChI is InChI=1S/C11H5Cl2N5/c1-5-16-9-6(3-14)4-15-10-7(12)2-8(13)11(17-5)18(9)10/h2,4H,1H3. The molecule has 88 valence electrons. The second-order valence-corrected chi connectivity index (χ2v) is 4.52. The fraction of sp³-hybridized carbons (Fsp3) is 0.0909. The minimum absolute atomic E-state index is 0.348. The molecule has 0 aliphatic carbocycles. The molecule has 3 aliphatic rings. The van der Waals surface area contributed by atoms with Crippen molar-refractivity contribution in [1.29, 1.82) is 5.26 Å². The summed E-state index contributed by atoms with van der Waals surface area (Å²) in [4.78, 5) is 14.2. The average Bonchev–Trinajstić information content (AvgIpc) is 2.34. The summed E-state index contributed by atoms with van der Waals surface area (Å²) in [5.74, 6) is 1.95. The lowest BCUT2D eigenvalue weighted by atomic mass is 10.2. The molecule has 5 nitrogen and oxygen atoms in total. The SMILES string of the molecule is CC1=NC2=C(C#N)C=NC3=C(Cl)C=C(Cl)C(=N1)N32. The van der Waals surface area contributed by atoms with Crippen LogP contribution in [0.4, 0.5) is 0 Å². The molecule has 3 aliphatic heterocycles. The molecule has 3 heterocycles. The highest BCUT2D eigenvalue weighted by Crippen LogP contribution is 2.36. The number of hydrogen-bond donors (Lipinski definition) is 0. The first-order valence-electron chi connectivity index (χ1n) is 5.01. The number of nitrogens with zero attached hydrogens (tertiary/aromatic N) is 5. The van der Waals surface area contributed by atoms with Crippen molar-refractivity contribution in [2.75, 3.05) is 0 Å². The van der Waals surface area contributed by atoms with E-state index in [4.69, 9.17) is 28.5 Å². The van der Waals surface area contributed by atoms with Gasteiger partial charge in [0.25, 0.3) is 0 Å². The maximum atomic E-state index is 9.08. The van der Waals surface area contributed by atoms with E-state index in [0.29, 0.717) is 39.0 Å². The van der Waals surface area contributed by atoms with Crippen molar-refractivity contribution in [3.05, 3.63) is 33.4 Å². The molecule has 0 aromatic carbocycles. The highest BCUT2D eigenvalue weighted by Gasteiger charge is 2.34. The molecule has 0 bridgehead atoms. The lowest BCUT2D eigenvalue weighted by molar-refractivity contribution is 0.594. The van der Waals surface area contributed by atoms with Gasteiger partial charge in [0.15, 0.2) is 17.5 Å². The van der Waals surface area contributed by atoms with Gasteiger partial charge in [0.05, 0.1) is 16.3 Å². The van der Waals surface area contributed by atoms with Crippen LogP contribution in [-0.2, 0) is 0 Å². The third kappa shape index (κ3) is 1.43. The molecular weight excluding hydrogens is 273 g/mol. The van der Waals surface area contributed by atoms with Crippen molar-refractivity contribution in [3.8, 4) is 6.07 Å². The molecule has 0 saturated carbocycles. The van der Waals surface area contributed by atoms with Crippen LogP contribution in [0.1, 0.15) is 6.92 Å². The van der Waals surface area contributed by atoms with Crippen LogP contribution in [0.15, 0.2) is 48.3 Å². The number of rotatable bonds is 0. The topological polar surface area (TPSA) is 64.1 Å². The van der Waals surface area contributed by atoms with Crippen LogP contribution in [0.3, 0.4) is 0 Å². The Morgan fingerprint density at radius 2 is 2.06 bits per heavy atom. The van der Waals surface area contributed by atoms with Crippen LogP contribution in [0.25, 0.3) is 0 Å². The van der Waals surface area contributed by atoms with E-state index in [1.54, 1.807) is 17.9 Å². The van der Waals surface area contributed by atoms with E-state index in [9.17, 15) is 0 Å². The summed E-state index contributed by atoms with van der Waals surface area (Å²) < 4.78 is 0. The lowest BCUT2D eigenvalue weighted by Crippen LogP contribution is -2.37. The third-order valence-corrected chi connectivity index (χ3v) is 3.09. The summed E-state index contributed by atoms with van der Waals surface area (Å²) in [6, 6.07) is 2.04. The number of halogens is 2. The molecule has 0 spiro atoms. The maximum absolute atomic E-state index is 9.08. The highest BCUT2D eigenvalue weighted by atomic mass is 35.5. The quantitative estimate of drug-likeness (QED) is 0.683. The molecular formula is C11H5Cl2N5. The molecule has 0 fully saturated rings. The zero-order valence-electron chi connectivity index (χ0n) is 9.15. The van der Waals surface area contributed by atoms with E-state index in [1.165, 1.54) is 6.21 Å². The number of hydrogen-bond acceptors (Lipinski definition) is 5. The van der Waals surface area contributed by atoms with Crippen LogP contribution in [-0.4, -0.2) is 22.8 Å². The van der Waals surface area contributed by atoms with Crippen LogP contribution in [0, 0.1) is 11.3 Å². The minimum atomic E-state index is 0.348. The second-order valence-electron chi connectivity index (χ2n) is 3.70. The van der Waals surface area contributed by atoms with Gasteiger partial charge in [0.2, 0.25) is 0 Å². The Hall–Kier alpha value is -1.90. The Labute approximate surface area is 113 Å². The summed E-state index contributed by atoms with van der Waals surface area (Å²) in [5, 5.41) is 9.86. The van der Waals surface area contributed by atoms with Crippen molar-refractivity contribution < 1.29 is 0 Å². The molecule has 18 heavy (non-hydrogen) atoms. The van der Waals surface area contributed by atoms with Gasteiger partial charge in [-0.15, -0.1) is 0 Å². The summed E-state index contributed by atoms with van der Waals surface area (Å²) in [6.07, 6.45) is 3.02.